The topological polar surface area (TPSA) is 58.6 Å². The molecule has 1 aromatic carbocycles. The maximum Gasteiger partial charge on any atom is 0.224 e. The second kappa shape index (κ2) is 8.95. The number of rotatable bonds is 7. The molecular formula is C20H31NO3. The van der Waals surface area contributed by atoms with Gasteiger partial charge in [0.2, 0.25) is 5.91 Å². The molecule has 4 heteroatoms. The summed E-state index contributed by atoms with van der Waals surface area (Å²) in [7, 11) is 1.51. The van der Waals surface area contributed by atoms with Gasteiger partial charge in [0.05, 0.1) is 13.5 Å². The molecule has 134 valence electrons. The zero-order valence-corrected chi connectivity index (χ0v) is 15.2. The van der Waals surface area contributed by atoms with E-state index in [4.69, 9.17) is 4.74 Å². The Bertz CT molecular complexity index is 534. The molecule has 2 rings (SSSR count). The minimum atomic E-state index is 0.0494. The van der Waals surface area contributed by atoms with Crippen molar-refractivity contribution in [1.82, 2.24) is 5.32 Å². The smallest absolute Gasteiger partial charge is 0.224 e. The van der Waals surface area contributed by atoms with Crippen LogP contribution in [0.15, 0.2) is 18.2 Å². The van der Waals surface area contributed by atoms with Crippen LogP contribution in [0, 0.1) is 11.8 Å². The van der Waals surface area contributed by atoms with Gasteiger partial charge >= 0.3 is 0 Å². The number of amides is 1. The Morgan fingerprint density at radius 2 is 2.00 bits per heavy atom. The Labute approximate surface area is 145 Å². The van der Waals surface area contributed by atoms with E-state index < -0.39 is 0 Å². The van der Waals surface area contributed by atoms with E-state index in [9.17, 15) is 9.90 Å². The van der Waals surface area contributed by atoms with Crippen molar-refractivity contribution >= 4 is 5.91 Å². The average Bonchev–Trinajstić information content (AvgIpc) is 2.56. The molecule has 0 aromatic heterocycles. The second-order valence-corrected chi connectivity index (χ2v) is 7.44. The van der Waals surface area contributed by atoms with E-state index in [1.165, 1.54) is 32.8 Å². The lowest BCUT2D eigenvalue weighted by Crippen LogP contribution is -2.38. The first-order valence-corrected chi connectivity index (χ1v) is 9.13. The lowest BCUT2D eigenvalue weighted by atomic mass is 9.82. The Hall–Kier alpha value is -1.71. The quantitative estimate of drug-likeness (QED) is 0.791. The predicted octanol–water partition coefficient (Wildman–Crippen LogP) is 4.05. The van der Waals surface area contributed by atoms with Crippen LogP contribution in [0.25, 0.3) is 0 Å². The Kier molecular flexibility index (Phi) is 6.95. The summed E-state index contributed by atoms with van der Waals surface area (Å²) in [5.41, 5.74) is 0.854. The maximum absolute atomic E-state index is 12.2. The van der Waals surface area contributed by atoms with Crippen LogP contribution in [-0.4, -0.2) is 24.2 Å². The Morgan fingerprint density at radius 1 is 1.29 bits per heavy atom. The number of methoxy groups -OCH3 is 1. The molecule has 1 fully saturated rings. The predicted molar refractivity (Wildman–Crippen MR) is 96.3 cm³/mol. The lowest BCUT2D eigenvalue weighted by Gasteiger charge is -2.29. The van der Waals surface area contributed by atoms with Gasteiger partial charge in [-0.25, -0.2) is 0 Å². The fourth-order valence-electron chi connectivity index (χ4n) is 3.46. The van der Waals surface area contributed by atoms with Crippen LogP contribution in [-0.2, 0) is 11.2 Å². The van der Waals surface area contributed by atoms with Crippen molar-refractivity contribution in [2.45, 2.75) is 64.8 Å². The molecule has 0 atom stereocenters. The van der Waals surface area contributed by atoms with Crippen LogP contribution >= 0.6 is 0 Å². The molecule has 1 aromatic rings. The van der Waals surface area contributed by atoms with Crippen molar-refractivity contribution < 1.29 is 14.6 Å². The highest BCUT2D eigenvalue weighted by atomic mass is 16.5. The number of hydrogen-bond donors (Lipinski definition) is 2. The summed E-state index contributed by atoms with van der Waals surface area (Å²) in [6.07, 6.45) is 7.59. The van der Waals surface area contributed by atoms with Gasteiger partial charge in [0, 0.05) is 6.04 Å². The number of phenolic OH excluding ortho intramolecular Hbond substituents is 1. The molecule has 0 saturated heterocycles. The Balaban J connectivity index is 1.75. The molecule has 1 aliphatic rings. The first-order chi connectivity index (χ1) is 11.5. The van der Waals surface area contributed by atoms with Crippen LogP contribution in [0.2, 0.25) is 0 Å². The third-order valence-electron chi connectivity index (χ3n) is 4.97. The lowest BCUT2D eigenvalue weighted by molar-refractivity contribution is -0.121. The highest BCUT2D eigenvalue weighted by Gasteiger charge is 2.22. The standard InChI is InChI=1S/C20H31NO3/c1-14(2)4-5-15-6-9-17(10-7-15)21-20(23)13-16-8-11-18(22)19(12-16)24-3/h8,11-12,14-15,17,22H,4-7,9-10,13H2,1-3H3,(H,21,23)/t15-,17-. The molecule has 0 aliphatic heterocycles. The van der Waals surface area contributed by atoms with Crippen LogP contribution in [0.1, 0.15) is 57.9 Å². The largest absolute Gasteiger partial charge is 0.504 e. The average molecular weight is 333 g/mol. The SMILES string of the molecule is COc1cc(CC(=O)N[C@H]2CC[C@H](CCC(C)C)CC2)ccc1O. The van der Waals surface area contributed by atoms with Crippen LogP contribution in [0.4, 0.5) is 0 Å². The zero-order valence-electron chi connectivity index (χ0n) is 15.2. The molecule has 0 unspecified atom stereocenters. The van der Waals surface area contributed by atoms with Crippen LogP contribution in [0.3, 0.4) is 0 Å². The number of carbonyl (C=O) groups excluding carboxylic acids is 1. The Morgan fingerprint density at radius 3 is 2.62 bits per heavy atom. The number of aromatic hydroxyl groups is 1. The van der Waals surface area contributed by atoms with Gasteiger partial charge in [0.15, 0.2) is 11.5 Å². The van der Waals surface area contributed by atoms with Crippen molar-refractivity contribution in [3.8, 4) is 11.5 Å². The zero-order chi connectivity index (χ0) is 17.5. The summed E-state index contributed by atoms with van der Waals surface area (Å²) < 4.78 is 5.09. The molecule has 1 aliphatic carbocycles. The van der Waals surface area contributed by atoms with Crippen molar-refractivity contribution in [3.05, 3.63) is 23.8 Å². The molecule has 0 bridgehead atoms. The van der Waals surface area contributed by atoms with Crippen LogP contribution in [0.5, 0.6) is 11.5 Å². The molecular weight excluding hydrogens is 302 g/mol. The van der Waals surface area contributed by atoms with E-state index in [-0.39, 0.29) is 11.7 Å². The van der Waals surface area contributed by atoms with Crippen molar-refractivity contribution in [3.63, 3.8) is 0 Å². The van der Waals surface area contributed by atoms with Gasteiger partial charge in [-0.2, -0.15) is 0 Å². The normalized spacial score (nSPS) is 20.8. The number of carbonyl (C=O) groups is 1. The van der Waals surface area contributed by atoms with Crippen LogP contribution < -0.4 is 10.1 Å². The molecule has 0 radical (unpaired) electrons. The van der Waals surface area contributed by atoms with Gasteiger partial charge in [-0.3, -0.25) is 4.79 Å². The van der Waals surface area contributed by atoms with Gasteiger partial charge < -0.3 is 15.2 Å². The van der Waals surface area contributed by atoms with E-state index in [1.807, 2.05) is 0 Å². The number of benzene rings is 1. The van der Waals surface area contributed by atoms with Crippen molar-refractivity contribution in [2.75, 3.05) is 7.11 Å². The number of phenols is 1. The summed E-state index contributed by atoms with van der Waals surface area (Å²) in [4.78, 5) is 12.2. The van der Waals surface area contributed by atoms with E-state index >= 15 is 0 Å². The number of nitrogens with one attached hydrogen (secondary N) is 1. The van der Waals surface area contributed by atoms with Gasteiger partial charge in [-0.05, 0) is 55.2 Å². The fraction of sp³-hybridized carbons (Fsp3) is 0.650. The fourth-order valence-corrected chi connectivity index (χ4v) is 3.46. The summed E-state index contributed by atoms with van der Waals surface area (Å²) in [5, 5.41) is 12.8. The van der Waals surface area contributed by atoms with Gasteiger partial charge in [-0.15, -0.1) is 0 Å². The first-order valence-electron chi connectivity index (χ1n) is 9.13. The molecule has 0 spiro atoms. The van der Waals surface area contributed by atoms with Gasteiger partial charge in [0.25, 0.3) is 0 Å². The minimum Gasteiger partial charge on any atom is -0.504 e. The third kappa shape index (κ3) is 5.73. The van der Waals surface area contributed by atoms with Crippen molar-refractivity contribution in [1.29, 1.82) is 0 Å². The second-order valence-electron chi connectivity index (χ2n) is 7.44. The number of hydrogen-bond acceptors (Lipinski definition) is 3. The first kappa shape index (κ1) is 18.6. The third-order valence-corrected chi connectivity index (χ3v) is 4.97. The van der Waals surface area contributed by atoms with E-state index in [0.29, 0.717) is 18.2 Å². The molecule has 1 amide bonds. The summed E-state index contributed by atoms with van der Waals surface area (Å²) in [5.74, 6) is 2.17. The summed E-state index contributed by atoms with van der Waals surface area (Å²) in [6, 6.07) is 5.37. The summed E-state index contributed by atoms with van der Waals surface area (Å²) >= 11 is 0. The highest BCUT2D eigenvalue weighted by molar-refractivity contribution is 5.79. The molecule has 24 heavy (non-hydrogen) atoms. The molecule has 4 nitrogen and oxygen atoms in total. The monoisotopic (exact) mass is 333 g/mol. The maximum atomic E-state index is 12.2. The van der Waals surface area contributed by atoms with E-state index in [0.717, 1.165) is 30.2 Å². The van der Waals surface area contributed by atoms with Crippen molar-refractivity contribution in [2.24, 2.45) is 11.8 Å². The van der Waals surface area contributed by atoms with Gasteiger partial charge in [0.1, 0.15) is 0 Å². The highest BCUT2D eigenvalue weighted by Crippen LogP contribution is 2.29. The van der Waals surface area contributed by atoms with E-state index in [2.05, 4.69) is 19.2 Å². The van der Waals surface area contributed by atoms with E-state index in [1.54, 1.807) is 18.2 Å². The number of ether oxygens (including phenoxy) is 1. The molecule has 1 saturated carbocycles. The van der Waals surface area contributed by atoms with Gasteiger partial charge in [-0.1, -0.05) is 32.8 Å². The molecule has 0 heterocycles. The summed E-state index contributed by atoms with van der Waals surface area (Å²) in [6.45, 7) is 4.56. The minimum absolute atomic E-state index is 0.0494. The molecule has 2 N–H and O–H groups in total.